The lowest BCUT2D eigenvalue weighted by Crippen LogP contribution is -2.63. The van der Waals surface area contributed by atoms with Crippen LogP contribution < -0.4 is 20.6 Å². The van der Waals surface area contributed by atoms with Crippen LogP contribution in [0.4, 0.5) is 28.4 Å². The molecule has 0 fully saturated rings. The van der Waals surface area contributed by atoms with E-state index in [-0.39, 0.29) is 23.1 Å². The Morgan fingerprint density at radius 2 is 1.17 bits per heavy atom. The average molecular weight is 839 g/mol. The van der Waals surface area contributed by atoms with Crippen LogP contribution in [-0.4, -0.2) is 6.85 Å². The Morgan fingerprint density at radius 1 is 0.508 bits per heavy atom. The van der Waals surface area contributed by atoms with Crippen LogP contribution in [0.3, 0.4) is 0 Å². The van der Waals surface area contributed by atoms with Gasteiger partial charge in [0.05, 0.1) is 16.5 Å². The van der Waals surface area contributed by atoms with Crippen molar-refractivity contribution in [1.29, 1.82) is 0 Å². The maximum Gasteiger partial charge on any atom is 0.333 e. The standard InChI is InChI=1S/C61H51BN2O/c1-58(2,3)36-33-42-40-28-30-53-54(41-19-10-15-26-52(41)65-53)56(40)64(37-27-29-45-48(35-37)60(6,7)32-31-59(45,4)5)62-49-24-16-23-47-57(49)63(51(34-36)55(42)62)50-25-14-13-22-46(50)61(47)43-20-11-8-17-38(43)39-18-9-12-21-44(39)61/h8-30,33-35H,31-32H2,1-7H3. The smallest absolute Gasteiger partial charge is 0.333 e. The van der Waals surface area contributed by atoms with Gasteiger partial charge >= 0.3 is 6.85 Å². The van der Waals surface area contributed by atoms with Gasteiger partial charge in [-0.15, -0.1) is 0 Å². The fraction of sp³-hybridized carbons (Fsp3) is 0.213. The Morgan fingerprint density at radius 3 is 1.92 bits per heavy atom. The van der Waals surface area contributed by atoms with Crippen molar-refractivity contribution >= 4 is 68.1 Å². The second-order valence-corrected chi connectivity index (χ2v) is 21.8. The number of nitrogens with zero attached hydrogens (tertiary/aromatic N) is 2. The highest BCUT2D eigenvalue weighted by Gasteiger charge is 2.56. The van der Waals surface area contributed by atoms with Gasteiger partial charge in [-0.1, -0.05) is 164 Å². The molecule has 14 rings (SSSR count). The molecule has 0 radical (unpaired) electrons. The normalized spacial score (nSPS) is 17.3. The van der Waals surface area contributed by atoms with Crippen molar-refractivity contribution in [2.45, 2.75) is 83.0 Å². The Balaban J connectivity index is 1.17. The Labute approximate surface area is 382 Å². The molecule has 1 spiro atoms. The van der Waals surface area contributed by atoms with Crippen molar-refractivity contribution in [1.82, 2.24) is 0 Å². The van der Waals surface area contributed by atoms with Crippen molar-refractivity contribution in [2.75, 3.05) is 9.71 Å². The number of hydrogen-bond acceptors (Lipinski definition) is 3. The molecule has 0 saturated heterocycles. The first-order chi connectivity index (χ1) is 31.4. The molecule has 5 aliphatic rings. The summed E-state index contributed by atoms with van der Waals surface area (Å²) in [6.07, 6.45) is 2.33. The summed E-state index contributed by atoms with van der Waals surface area (Å²) in [4.78, 5) is 5.42. The average Bonchev–Trinajstić information content (AvgIpc) is 3.84. The van der Waals surface area contributed by atoms with Crippen LogP contribution in [0.5, 0.6) is 0 Å². The molecule has 0 amide bonds. The van der Waals surface area contributed by atoms with Crippen molar-refractivity contribution in [3.05, 3.63) is 197 Å². The molecule has 0 saturated carbocycles. The van der Waals surface area contributed by atoms with Gasteiger partial charge in [-0.3, -0.25) is 0 Å². The Bertz CT molecular complexity index is 3540. The van der Waals surface area contributed by atoms with Crippen LogP contribution >= 0.6 is 0 Å². The van der Waals surface area contributed by atoms with Gasteiger partial charge < -0.3 is 14.1 Å². The van der Waals surface area contributed by atoms with E-state index < -0.39 is 5.41 Å². The molecule has 1 aromatic heterocycles. The highest BCUT2D eigenvalue weighted by Crippen LogP contribution is 2.64. The van der Waals surface area contributed by atoms with Crippen LogP contribution in [0.15, 0.2) is 162 Å². The van der Waals surface area contributed by atoms with E-state index in [0.29, 0.717) is 0 Å². The number of furan rings is 1. The largest absolute Gasteiger partial charge is 0.456 e. The molecule has 65 heavy (non-hydrogen) atoms. The fourth-order valence-electron chi connectivity index (χ4n) is 13.2. The fourth-order valence-corrected chi connectivity index (χ4v) is 13.2. The lowest BCUT2D eigenvalue weighted by molar-refractivity contribution is 0.332. The molecule has 314 valence electrons. The van der Waals surface area contributed by atoms with Gasteiger partial charge in [-0.2, -0.15) is 0 Å². The van der Waals surface area contributed by atoms with Gasteiger partial charge in [-0.05, 0) is 138 Å². The third-order valence-corrected chi connectivity index (χ3v) is 16.4. The van der Waals surface area contributed by atoms with Gasteiger partial charge in [-0.25, -0.2) is 0 Å². The predicted octanol–water partition coefficient (Wildman–Crippen LogP) is 14.6. The van der Waals surface area contributed by atoms with E-state index in [2.05, 4.69) is 216 Å². The van der Waals surface area contributed by atoms with Gasteiger partial charge in [0.2, 0.25) is 0 Å². The third kappa shape index (κ3) is 4.63. The maximum absolute atomic E-state index is 6.79. The summed E-state index contributed by atoms with van der Waals surface area (Å²) in [5.41, 5.74) is 25.1. The zero-order valence-corrected chi connectivity index (χ0v) is 38.3. The van der Waals surface area contributed by atoms with E-state index in [4.69, 9.17) is 4.42 Å². The first-order valence-corrected chi connectivity index (χ1v) is 23.7. The van der Waals surface area contributed by atoms with Crippen LogP contribution in [0.2, 0.25) is 0 Å². The molecule has 0 unspecified atom stereocenters. The second kappa shape index (κ2) is 12.3. The highest BCUT2D eigenvalue weighted by atomic mass is 16.3. The monoisotopic (exact) mass is 838 g/mol. The molecule has 9 aromatic rings. The minimum absolute atomic E-state index is 0.0348. The summed E-state index contributed by atoms with van der Waals surface area (Å²) < 4.78 is 6.79. The van der Waals surface area contributed by atoms with E-state index in [1.165, 1.54) is 112 Å². The first-order valence-electron chi connectivity index (χ1n) is 23.7. The lowest BCUT2D eigenvalue weighted by atomic mass is 9.42. The molecule has 2 aliphatic carbocycles. The Kier molecular flexibility index (Phi) is 7.12. The molecular formula is C61H51BN2O. The van der Waals surface area contributed by atoms with Crippen LogP contribution in [0.1, 0.15) is 100 Å². The van der Waals surface area contributed by atoms with Gasteiger partial charge in [0.1, 0.15) is 11.2 Å². The van der Waals surface area contributed by atoms with Crippen LogP contribution in [0, 0.1) is 0 Å². The molecule has 0 N–H and O–H groups in total. The molecule has 8 aromatic carbocycles. The van der Waals surface area contributed by atoms with Crippen molar-refractivity contribution < 1.29 is 4.42 Å². The molecule has 3 aliphatic heterocycles. The molecule has 0 bridgehead atoms. The minimum Gasteiger partial charge on any atom is -0.456 e. The maximum atomic E-state index is 6.79. The van der Waals surface area contributed by atoms with Crippen molar-refractivity contribution in [3.63, 3.8) is 0 Å². The summed E-state index contributed by atoms with van der Waals surface area (Å²) in [5.74, 6) is 0. The quantitative estimate of drug-likeness (QED) is 0.154. The molecule has 0 atom stereocenters. The third-order valence-electron chi connectivity index (χ3n) is 16.4. The van der Waals surface area contributed by atoms with Crippen LogP contribution in [0.25, 0.3) is 44.2 Å². The first kappa shape index (κ1) is 37.6. The van der Waals surface area contributed by atoms with Gasteiger partial charge in [0.25, 0.3) is 0 Å². The van der Waals surface area contributed by atoms with Crippen molar-refractivity contribution in [3.8, 4) is 22.3 Å². The molecule has 4 heterocycles. The molecule has 4 heteroatoms. The van der Waals surface area contributed by atoms with Crippen LogP contribution in [-0.2, 0) is 21.7 Å². The summed E-state index contributed by atoms with van der Waals surface area (Å²) in [5, 5.41) is 2.33. The number of benzene rings is 8. The van der Waals surface area contributed by atoms with E-state index in [0.717, 1.165) is 23.0 Å². The summed E-state index contributed by atoms with van der Waals surface area (Å²) in [7, 11) is 0. The highest BCUT2D eigenvalue weighted by molar-refractivity contribution is 6.94. The molecule has 3 nitrogen and oxygen atoms in total. The van der Waals surface area contributed by atoms with E-state index >= 15 is 0 Å². The zero-order valence-electron chi connectivity index (χ0n) is 38.3. The number of para-hydroxylation sites is 3. The number of anilines is 5. The Hall–Kier alpha value is -6.78. The van der Waals surface area contributed by atoms with E-state index in [1.54, 1.807) is 0 Å². The lowest BCUT2D eigenvalue weighted by Gasteiger charge is -2.52. The second-order valence-electron chi connectivity index (χ2n) is 21.8. The van der Waals surface area contributed by atoms with E-state index in [1.807, 2.05) is 0 Å². The minimum atomic E-state index is -0.513. The summed E-state index contributed by atoms with van der Waals surface area (Å²) in [6.45, 7) is 16.7. The predicted molar refractivity (Wildman–Crippen MR) is 272 cm³/mol. The number of hydrogen-bond donors (Lipinski definition) is 0. The van der Waals surface area contributed by atoms with Crippen molar-refractivity contribution in [2.24, 2.45) is 0 Å². The number of rotatable bonds is 1. The molecular weight excluding hydrogens is 787 g/mol. The van der Waals surface area contributed by atoms with Gasteiger partial charge in [0.15, 0.2) is 0 Å². The SMILES string of the molecule is CC(C)(C)c1cc2c3c(c1)N1c4ccccc4C4(c5ccccc5-c5ccccc54)c4cccc(c41)B3N(c1ccc3c(c1)C(C)(C)CCC3(C)C)c1c-2ccc2oc3ccccc3c12. The summed E-state index contributed by atoms with van der Waals surface area (Å²) in [6, 6.07) is 60.7. The van der Waals surface area contributed by atoms with E-state index in [9.17, 15) is 0 Å². The zero-order chi connectivity index (χ0) is 43.9. The van der Waals surface area contributed by atoms with Gasteiger partial charge in [0, 0.05) is 33.7 Å². The topological polar surface area (TPSA) is 19.6 Å². The summed E-state index contributed by atoms with van der Waals surface area (Å²) >= 11 is 0. The number of fused-ring (bicyclic) bond motifs is 18.